The number of furan rings is 1. The Morgan fingerprint density at radius 1 is 0.603 bits per heavy atom. The lowest BCUT2D eigenvalue weighted by atomic mass is 9.57. The van der Waals surface area contributed by atoms with Crippen molar-refractivity contribution in [1.29, 1.82) is 0 Å². The van der Waals surface area contributed by atoms with Crippen LogP contribution in [0.5, 0.6) is 0 Å². The van der Waals surface area contributed by atoms with Gasteiger partial charge in [-0.2, -0.15) is 0 Å². The smallest absolute Gasteiger partial charge is 0.198 e. The molecule has 1 N–H and O–H groups in total. The van der Waals surface area contributed by atoms with Gasteiger partial charge in [-0.25, -0.2) is 0 Å². The molecule has 3 nitrogen and oxygen atoms in total. The molecule has 0 spiro atoms. The lowest BCUT2D eigenvalue weighted by molar-refractivity contribution is 0.332. The van der Waals surface area contributed by atoms with Crippen molar-refractivity contribution in [2.45, 2.75) is 96.8 Å². The first-order valence-electron chi connectivity index (χ1n) is 24.7. The van der Waals surface area contributed by atoms with Crippen LogP contribution in [0.4, 0.5) is 11.4 Å². The molecule has 68 heavy (non-hydrogen) atoms. The molecule has 0 unspecified atom stereocenters. The first-order valence-corrected chi connectivity index (χ1v) is 25.5. The molecule has 1 aliphatic heterocycles. The van der Waals surface area contributed by atoms with Crippen molar-refractivity contribution in [1.82, 2.24) is 4.57 Å². The van der Waals surface area contributed by atoms with Crippen LogP contribution in [0, 0.1) is 0 Å². The highest BCUT2D eigenvalue weighted by Crippen LogP contribution is 2.58. The summed E-state index contributed by atoms with van der Waals surface area (Å²) in [6, 6.07) is 51.0. The molecule has 5 heteroatoms. The number of anilines is 2. The van der Waals surface area contributed by atoms with Crippen LogP contribution in [-0.2, 0) is 21.7 Å². The highest BCUT2D eigenvalue weighted by molar-refractivity contribution is 7.25. The van der Waals surface area contributed by atoms with Gasteiger partial charge in [-0.15, -0.1) is 11.3 Å². The Morgan fingerprint density at radius 3 is 2.09 bits per heavy atom. The van der Waals surface area contributed by atoms with E-state index in [1.54, 1.807) is 0 Å². The highest BCUT2D eigenvalue weighted by atomic mass is 32.1. The van der Waals surface area contributed by atoms with Gasteiger partial charge in [0.15, 0.2) is 7.28 Å². The number of nitrogens with one attached hydrogen (secondary N) is 1. The minimum atomic E-state index is -0.303. The second kappa shape index (κ2) is 13.4. The summed E-state index contributed by atoms with van der Waals surface area (Å²) in [5.41, 5.74) is 23.0. The van der Waals surface area contributed by atoms with E-state index in [-0.39, 0.29) is 21.7 Å². The van der Waals surface area contributed by atoms with Crippen LogP contribution in [0.25, 0.3) is 91.9 Å². The molecule has 332 valence electrons. The number of aromatic nitrogens is 1. The Labute approximate surface area is 403 Å². The van der Waals surface area contributed by atoms with Crippen LogP contribution >= 0.6 is 11.3 Å². The van der Waals surface area contributed by atoms with Gasteiger partial charge < -0.3 is 14.3 Å². The van der Waals surface area contributed by atoms with E-state index < -0.39 is 0 Å². The van der Waals surface area contributed by atoms with E-state index in [4.69, 9.17) is 4.42 Å². The Balaban J connectivity index is 1.18. The normalized spacial score (nSPS) is 16.4. The number of fused-ring (bicyclic) bond motifs is 16. The van der Waals surface area contributed by atoms with Gasteiger partial charge in [-0.05, 0) is 133 Å². The zero-order chi connectivity index (χ0) is 46.4. The lowest BCUT2D eigenvalue weighted by Gasteiger charge is -2.42. The first kappa shape index (κ1) is 40.5. The van der Waals surface area contributed by atoms with E-state index >= 15 is 0 Å². The van der Waals surface area contributed by atoms with Gasteiger partial charge in [-0.3, -0.25) is 0 Å². The summed E-state index contributed by atoms with van der Waals surface area (Å²) in [4.78, 5) is 0. The summed E-state index contributed by atoms with van der Waals surface area (Å²) in [6.45, 7) is 21.7. The van der Waals surface area contributed by atoms with Crippen molar-refractivity contribution in [3.8, 4) is 27.9 Å². The van der Waals surface area contributed by atoms with E-state index in [0.717, 1.165) is 40.6 Å². The zero-order valence-corrected chi connectivity index (χ0v) is 41.4. The molecule has 0 fully saturated rings. The van der Waals surface area contributed by atoms with E-state index in [0.29, 0.717) is 0 Å². The third-order valence-electron chi connectivity index (χ3n) is 16.8. The van der Waals surface area contributed by atoms with Gasteiger partial charge >= 0.3 is 0 Å². The van der Waals surface area contributed by atoms with Gasteiger partial charge in [0.25, 0.3) is 0 Å². The summed E-state index contributed by atoms with van der Waals surface area (Å²) in [6.07, 6.45) is 2.34. The number of hydrogen-bond acceptors (Lipinski definition) is 3. The topological polar surface area (TPSA) is 30.1 Å². The SMILES string of the molecule is CC(C)(C)c1ccc(Nc2cc3oc4ccccc4c3cc2-c2c3c(c4c5cc6c(cc5n5c4c2Bc2cc4c(cc2-5)sc2ccccc24)C(C)(C)CCC6(C)C)-c2ccccc2C3(C)C)cc1. The Bertz CT molecular complexity index is 4030. The van der Waals surface area contributed by atoms with Crippen LogP contribution in [0.1, 0.15) is 103 Å². The molecular formula is C63H55BN2OS. The predicted octanol–water partition coefficient (Wildman–Crippen LogP) is 16.1. The van der Waals surface area contributed by atoms with Crippen molar-refractivity contribution in [2.75, 3.05) is 5.32 Å². The Kier molecular flexibility index (Phi) is 7.96. The summed E-state index contributed by atoms with van der Waals surface area (Å²) >= 11 is 1.92. The van der Waals surface area contributed by atoms with Crippen LogP contribution in [0.3, 0.4) is 0 Å². The predicted molar refractivity (Wildman–Crippen MR) is 294 cm³/mol. The van der Waals surface area contributed by atoms with Crippen LogP contribution in [0.15, 0.2) is 138 Å². The monoisotopic (exact) mass is 898 g/mol. The van der Waals surface area contributed by atoms with Gasteiger partial charge in [0.1, 0.15) is 11.2 Å². The maximum atomic E-state index is 6.72. The number of nitrogens with zero attached hydrogens (tertiary/aromatic N) is 1. The number of rotatable bonds is 3. The van der Waals surface area contributed by atoms with Crippen molar-refractivity contribution in [3.63, 3.8) is 0 Å². The molecule has 14 rings (SSSR count). The summed E-state index contributed by atoms with van der Waals surface area (Å²) in [7, 11) is 0.817. The fourth-order valence-electron chi connectivity index (χ4n) is 13.0. The number of hydrogen-bond donors (Lipinski definition) is 1. The molecule has 0 atom stereocenters. The third-order valence-corrected chi connectivity index (χ3v) is 17.9. The fourth-order valence-corrected chi connectivity index (χ4v) is 14.2. The average Bonchev–Trinajstić information content (AvgIpc) is 4.03. The van der Waals surface area contributed by atoms with Crippen molar-refractivity contribution < 1.29 is 4.42 Å². The minimum absolute atomic E-state index is 0.0521. The van der Waals surface area contributed by atoms with Crippen LogP contribution in [-0.4, -0.2) is 11.8 Å². The van der Waals surface area contributed by atoms with Gasteiger partial charge in [-0.1, -0.05) is 147 Å². The van der Waals surface area contributed by atoms with E-state index in [9.17, 15) is 0 Å². The van der Waals surface area contributed by atoms with Crippen molar-refractivity contribution >= 4 is 105 Å². The van der Waals surface area contributed by atoms with Crippen LogP contribution in [0.2, 0.25) is 0 Å². The molecule has 2 aliphatic carbocycles. The first-order chi connectivity index (χ1) is 32.6. The number of para-hydroxylation sites is 1. The van der Waals surface area contributed by atoms with Gasteiger partial charge in [0.05, 0.1) is 11.2 Å². The molecule has 4 heterocycles. The lowest BCUT2D eigenvalue weighted by Crippen LogP contribution is -2.38. The molecule has 0 amide bonds. The number of benzene rings is 8. The molecule has 0 bridgehead atoms. The van der Waals surface area contributed by atoms with Gasteiger partial charge in [0, 0.05) is 70.3 Å². The Hall–Kier alpha value is -6.56. The summed E-state index contributed by atoms with van der Waals surface area (Å²) < 4.78 is 12.1. The standard InChI is InChI=1S/C63H55BN2OS/c1-60(2,3)34-22-24-35(25-23-34)65-47-32-51-39(36-16-11-14-20-50(36)67-51)28-41(47)56-57-54(38-18-10-13-19-43(38)63(57,8)9)55-42-29-44-45(62(6,7)27-26-61(44,4)5)31-48(42)66-49-33-53-40(30-46(49)64-58(56)59(55)66)37-17-12-15-21-52(37)68-53/h10-25,28-33,64-65H,26-27H2,1-9H3. The molecule has 0 saturated carbocycles. The maximum Gasteiger partial charge on any atom is 0.198 e. The van der Waals surface area contributed by atoms with Crippen molar-refractivity contribution in [2.24, 2.45) is 0 Å². The molecule has 8 aromatic carbocycles. The fraction of sp³-hybridized carbons (Fsp3) is 0.238. The quantitative estimate of drug-likeness (QED) is 0.179. The minimum Gasteiger partial charge on any atom is -0.456 e. The summed E-state index contributed by atoms with van der Waals surface area (Å²) in [5, 5.41) is 11.8. The molecular weight excluding hydrogens is 844 g/mol. The highest BCUT2D eigenvalue weighted by Gasteiger charge is 2.44. The van der Waals surface area contributed by atoms with E-state index in [1.807, 2.05) is 11.3 Å². The van der Waals surface area contributed by atoms with Crippen molar-refractivity contribution in [3.05, 3.63) is 161 Å². The van der Waals surface area contributed by atoms with E-state index in [2.05, 4.69) is 206 Å². The average molecular weight is 899 g/mol. The molecule has 3 aromatic heterocycles. The zero-order valence-electron chi connectivity index (χ0n) is 40.6. The molecule has 0 saturated heterocycles. The Morgan fingerprint density at radius 2 is 1.31 bits per heavy atom. The number of thiophene rings is 1. The molecule has 0 radical (unpaired) electrons. The van der Waals surface area contributed by atoms with Gasteiger partial charge in [0.2, 0.25) is 0 Å². The van der Waals surface area contributed by atoms with E-state index in [1.165, 1.54) is 122 Å². The largest absolute Gasteiger partial charge is 0.456 e. The summed E-state index contributed by atoms with van der Waals surface area (Å²) in [5.74, 6) is 0. The maximum absolute atomic E-state index is 6.72. The molecule has 11 aromatic rings. The second-order valence-electron chi connectivity index (χ2n) is 23.2. The molecule has 3 aliphatic rings. The van der Waals surface area contributed by atoms with Crippen LogP contribution < -0.4 is 16.2 Å². The second-order valence-corrected chi connectivity index (χ2v) is 24.3. The third kappa shape index (κ3) is 5.43.